The van der Waals surface area contributed by atoms with Crippen molar-refractivity contribution in [3.05, 3.63) is 107 Å². The van der Waals surface area contributed by atoms with Gasteiger partial charge in [0.1, 0.15) is 11.4 Å². The topological polar surface area (TPSA) is 311 Å². The molecule has 85 heavy (non-hydrogen) atoms. The molecule has 2 fully saturated rings. The largest absolute Gasteiger partial charge is 0.356 e. The number of aromatic nitrogens is 9. The van der Waals surface area contributed by atoms with Crippen LogP contribution in [0, 0.1) is 11.8 Å². The Kier molecular flexibility index (Phi) is 23.9. The van der Waals surface area contributed by atoms with E-state index in [2.05, 4.69) is 66.3 Å². The number of amides is 7. The zero-order valence-corrected chi connectivity index (χ0v) is 50.8. The number of rotatable bonds is 26. The summed E-state index contributed by atoms with van der Waals surface area (Å²) in [6.45, 7) is 2.68. The normalized spacial score (nSPS) is 13.1. The molecule has 2 saturated carbocycles. The van der Waals surface area contributed by atoms with Gasteiger partial charge in [-0.3, -0.25) is 43.2 Å². The van der Waals surface area contributed by atoms with E-state index in [9.17, 15) is 43.2 Å². The predicted octanol–water partition coefficient (Wildman–Crippen LogP) is 2.27. The summed E-state index contributed by atoms with van der Waals surface area (Å²) in [7, 11) is 14.4. The number of aryl methyl sites for hydroxylation is 6. The van der Waals surface area contributed by atoms with Crippen molar-refractivity contribution in [3.63, 3.8) is 0 Å². The Morgan fingerprint density at radius 3 is 1.73 bits per heavy atom. The Bertz CT molecular complexity index is 3350. The first kappa shape index (κ1) is 65.7. The average molecular weight is 1220 g/mol. The van der Waals surface area contributed by atoms with Crippen LogP contribution in [0.1, 0.15) is 145 Å². The smallest absolute Gasteiger partial charge is 0.291 e. The molecular weight excluding hydrogens is 1130 g/mol. The van der Waals surface area contributed by atoms with Gasteiger partial charge >= 0.3 is 0 Å². The molecule has 0 saturated heterocycles. The number of carbonyl (C=O) groups excluding carboxylic acids is 9. The monoisotopic (exact) mass is 1210 g/mol. The maximum Gasteiger partial charge on any atom is 0.291 e. The van der Waals surface area contributed by atoms with Crippen LogP contribution in [0.2, 0.25) is 0 Å². The van der Waals surface area contributed by atoms with E-state index in [4.69, 9.17) is 0 Å². The molecule has 2 aliphatic rings. The second-order valence-electron chi connectivity index (χ2n) is 22.0. The fourth-order valence-electron chi connectivity index (χ4n) is 10.3. The van der Waals surface area contributed by atoms with Crippen LogP contribution in [-0.2, 0) is 86.6 Å². The molecule has 0 spiro atoms. The molecule has 0 bridgehead atoms. The van der Waals surface area contributed by atoms with Gasteiger partial charge in [-0.15, -0.1) is 0 Å². The van der Waals surface area contributed by atoms with Crippen LogP contribution in [0.5, 0.6) is 0 Å². The van der Waals surface area contributed by atoms with Crippen molar-refractivity contribution in [2.45, 2.75) is 83.5 Å². The summed E-state index contributed by atoms with van der Waals surface area (Å²) in [6, 6.07) is 4.87. The summed E-state index contributed by atoms with van der Waals surface area (Å²) in [5.74, 6) is -0.989. The molecule has 0 aromatic carbocycles. The number of anilines is 3. The minimum atomic E-state index is -0.451. The number of ketones is 2. The van der Waals surface area contributed by atoms with Crippen molar-refractivity contribution in [2.75, 3.05) is 62.8 Å². The van der Waals surface area contributed by atoms with Crippen LogP contribution in [-0.4, -0.2) is 142 Å². The van der Waals surface area contributed by atoms with Gasteiger partial charge in [-0.1, -0.05) is 25.7 Å². The Balaban J connectivity index is 0.000000274. The first-order valence-electron chi connectivity index (χ1n) is 28.5. The van der Waals surface area contributed by atoms with E-state index in [1.165, 1.54) is 21.7 Å². The molecule has 0 radical (unpaired) electrons. The van der Waals surface area contributed by atoms with Gasteiger partial charge in [0.2, 0.25) is 29.3 Å². The number of Topliss-reactive ketones (excluding diaryl/α,β-unsaturated/α-hetero) is 2. The van der Waals surface area contributed by atoms with Crippen LogP contribution in [0.4, 0.5) is 17.2 Å². The fourth-order valence-corrected chi connectivity index (χ4v) is 10.3. The average Bonchev–Trinajstić information content (AvgIpc) is 4.52. The van der Waals surface area contributed by atoms with Gasteiger partial charge in [-0.25, -0.2) is 15.0 Å². The van der Waals surface area contributed by atoms with Crippen molar-refractivity contribution < 1.29 is 65.1 Å². The quantitative estimate of drug-likeness (QED) is 0.0221. The van der Waals surface area contributed by atoms with E-state index in [1.54, 1.807) is 114 Å². The van der Waals surface area contributed by atoms with E-state index in [-0.39, 0.29) is 125 Å². The van der Waals surface area contributed by atoms with Crippen molar-refractivity contribution in [2.24, 2.45) is 54.1 Å². The Morgan fingerprint density at radius 1 is 0.518 bits per heavy atom. The number of nitrogens with zero attached hydrogens (tertiary/aromatic N) is 9. The van der Waals surface area contributed by atoms with E-state index in [1.807, 2.05) is 0 Å². The van der Waals surface area contributed by atoms with Gasteiger partial charge < -0.3 is 69.5 Å². The maximum atomic E-state index is 13.2. The first-order valence-corrected chi connectivity index (χ1v) is 28.5. The number of hydrogen-bond donors (Lipinski definition) is 8. The number of nitrogens with one attached hydrogen (secondary N) is 8. The Labute approximate surface area is 504 Å². The molecule has 26 nitrogen and oxygen atoms in total. The SMILES string of the molecule is Cn1cc(NC(=O)CCNC(=O)C2CCCC2)cc1C(=O)Cc1cn(C)c(C(=O)Cc2cc(C(=O)NCCC[NH+](C)C)n(C)c2)n1.Cn1cc(NC(=O)c2nccn2C)cc1C(=O)Nc1cn(C)c(C(=O)NCCCNC(=O)C2CCCC2)n1.[Fe]. The van der Waals surface area contributed by atoms with E-state index in [0.717, 1.165) is 64.3 Å². The van der Waals surface area contributed by atoms with Gasteiger partial charge in [0, 0.05) is 160 Å². The van der Waals surface area contributed by atoms with Gasteiger partial charge in [-0.05, 0) is 55.9 Å². The molecule has 0 aliphatic heterocycles. The summed E-state index contributed by atoms with van der Waals surface area (Å²) >= 11 is 0. The molecule has 458 valence electrons. The minimum absolute atomic E-state index is 0. The van der Waals surface area contributed by atoms with Crippen LogP contribution < -0.4 is 42.1 Å². The van der Waals surface area contributed by atoms with Gasteiger partial charge in [-0.2, -0.15) is 0 Å². The fraction of sp³-hybridized carbons (Fsp3) is 0.483. The second-order valence-corrected chi connectivity index (χ2v) is 22.0. The third-order valence-corrected chi connectivity index (χ3v) is 14.8. The molecule has 0 unspecified atom stereocenters. The summed E-state index contributed by atoms with van der Waals surface area (Å²) in [6.07, 6.45) is 21.2. The number of hydrogen-bond acceptors (Lipinski definition) is 12. The summed E-state index contributed by atoms with van der Waals surface area (Å²) in [4.78, 5) is 127. The van der Waals surface area contributed by atoms with Crippen LogP contribution in [0.15, 0.2) is 61.6 Å². The number of imidazole rings is 3. The van der Waals surface area contributed by atoms with Crippen molar-refractivity contribution in [1.82, 2.24) is 63.6 Å². The standard InChI is InChI=1S/C33H46N8O5.C25H33N9O4.Fe/c1-38(2)14-8-12-34-33(46)27-15-22(19-39(27)3)16-29(43)31-37-25(21-41(31)5)18-28(42)26-17-24(20-40(26)4)36-30(44)11-13-35-32(45)23-9-6-7-10-23;1-32-12-11-26-20(32)25(38)29-17-13-18(33(2)14-17)23(36)31-19-15-34(3)21(30-19)24(37)28-10-6-9-27-22(35)16-7-4-5-8-16;/h15,17,19-21,23H,6-14,16,18H2,1-5H3,(H,34,46)(H,35,45)(H,36,44);11-16H,4-10H2,1-3H3,(H,27,35)(H,28,37)(H,29,38)(H,31,36);/p+1. The third kappa shape index (κ3) is 18.5. The maximum absolute atomic E-state index is 13.2. The van der Waals surface area contributed by atoms with E-state index in [0.29, 0.717) is 60.1 Å². The molecule has 6 aromatic heterocycles. The Hall–Kier alpha value is -8.42. The summed E-state index contributed by atoms with van der Waals surface area (Å²) in [5, 5.41) is 19.7. The van der Waals surface area contributed by atoms with Crippen molar-refractivity contribution in [3.8, 4) is 0 Å². The van der Waals surface area contributed by atoms with Crippen LogP contribution in [0.25, 0.3) is 0 Å². The second kappa shape index (κ2) is 30.9. The molecule has 6 heterocycles. The first-order chi connectivity index (χ1) is 40.1. The van der Waals surface area contributed by atoms with Crippen molar-refractivity contribution in [1.29, 1.82) is 0 Å². The van der Waals surface area contributed by atoms with Crippen LogP contribution >= 0.6 is 0 Å². The zero-order chi connectivity index (χ0) is 60.6. The van der Waals surface area contributed by atoms with Crippen molar-refractivity contribution >= 4 is 70.1 Å². The molecule has 8 rings (SSSR count). The van der Waals surface area contributed by atoms with E-state index < -0.39 is 11.8 Å². The van der Waals surface area contributed by atoms with Gasteiger partial charge in [0.05, 0.1) is 49.8 Å². The molecule has 8 N–H and O–H groups in total. The molecular formula is C58H80FeN17O9+. The molecule has 0 atom stereocenters. The van der Waals surface area contributed by atoms with Gasteiger partial charge in [0.15, 0.2) is 23.2 Å². The van der Waals surface area contributed by atoms with E-state index >= 15 is 0 Å². The Morgan fingerprint density at radius 2 is 1.08 bits per heavy atom. The number of carbonyl (C=O) groups is 9. The molecule has 7 amide bonds. The molecule has 27 heteroatoms. The molecule has 2 aliphatic carbocycles. The minimum Gasteiger partial charge on any atom is -0.356 e. The summed E-state index contributed by atoms with van der Waals surface area (Å²) < 4.78 is 9.65. The van der Waals surface area contributed by atoms with Crippen LogP contribution in [0.3, 0.4) is 0 Å². The van der Waals surface area contributed by atoms with Gasteiger partial charge in [0.25, 0.3) is 23.6 Å². The molecule has 6 aromatic rings. The zero-order valence-electron chi connectivity index (χ0n) is 49.7. The number of quaternary nitrogens is 1. The predicted molar refractivity (Wildman–Crippen MR) is 313 cm³/mol. The summed E-state index contributed by atoms with van der Waals surface area (Å²) in [5.41, 5.74) is 3.23. The third-order valence-electron chi connectivity index (χ3n) is 14.8.